The Bertz CT molecular complexity index is 1430. The first kappa shape index (κ1) is 23.4. The van der Waals surface area contributed by atoms with Crippen molar-refractivity contribution in [2.45, 2.75) is 34.6 Å². The van der Waals surface area contributed by atoms with Crippen molar-refractivity contribution < 1.29 is 18.6 Å². The Morgan fingerprint density at radius 1 is 0.735 bits per heavy atom. The van der Waals surface area contributed by atoms with Gasteiger partial charge in [-0.3, -0.25) is 0 Å². The second-order valence-corrected chi connectivity index (χ2v) is 8.36. The number of ether oxygens (including phenoxy) is 3. The smallest absolute Gasteiger partial charge is 0.161 e. The molecular weight excluding hydrogens is 426 g/mol. The van der Waals surface area contributed by atoms with Gasteiger partial charge in [0, 0.05) is 0 Å². The molecule has 1 aromatic heterocycles. The second-order valence-electron chi connectivity index (χ2n) is 8.36. The fourth-order valence-corrected chi connectivity index (χ4v) is 4.36. The minimum atomic E-state index is 0.539. The Balaban J connectivity index is 2.12. The summed E-state index contributed by atoms with van der Waals surface area (Å²) in [5.74, 6) is 3.73. The third-order valence-corrected chi connectivity index (χ3v) is 5.95. The van der Waals surface area contributed by atoms with E-state index < -0.39 is 0 Å². The summed E-state index contributed by atoms with van der Waals surface area (Å²) >= 11 is 0. The molecule has 1 heterocycles. The molecule has 0 aliphatic rings. The molecule has 4 rings (SSSR count). The van der Waals surface area contributed by atoms with E-state index in [9.17, 15) is 0 Å². The van der Waals surface area contributed by atoms with Crippen molar-refractivity contribution in [3.63, 3.8) is 0 Å². The van der Waals surface area contributed by atoms with E-state index >= 15 is 0 Å². The molecular formula is C29H31NO4. The average Bonchev–Trinajstić information content (AvgIpc) is 3.01. The van der Waals surface area contributed by atoms with E-state index in [-0.39, 0.29) is 0 Å². The van der Waals surface area contributed by atoms with Gasteiger partial charge in [0.25, 0.3) is 0 Å². The van der Waals surface area contributed by atoms with Crippen LogP contribution >= 0.6 is 0 Å². The zero-order chi connectivity index (χ0) is 24.4. The summed E-state index contributed by atoms with van der Waals surface area (Å²) in [4.78, 5) is 5.12. The molecule has 0 atom stereocenters. The van der Waals surface area contributed by atoms with E-state index in [4.69, 9.17) is 23.6 Å². The second kappa shape index (κ2) is 9.64. The molecule has 0 amide bonds. The van der Waals surface area contributed by atoms with Gasteiger partial charge < -0.3 is 18.6 Å². The summed E-state index contributed by atoms with van der Waals surface area (Å²) in [6.45, 7) is 10.6. The molecule has 3 aromatic carbocycles. The highest BCUT2D eigenvalue weighted by atomic mass is 16.5. The third-order valence-electron chi connectivity index (χ3n) is 5.95. The van der Waals surface area contributed by atoms with Crippen molar-refractivity contribution in [3.05, 3.63) is 76.5 Å². The maximum Gasteiger partial charge on any atom is 0.161 e. The van der Waals surface area contributed by atoms with Crippen molar-refractivity contribution in [3.8, 4) is 28.4 Å². The van der Waals surface area contributed by atoms with Crippen molar-refractivity contribution >= 4 is 16.5 Å². The van der Waals surface area contributed by atoms with E-state index in [0.717, 1.165) is 55.8 Å². The highest BCUT2D eigenvalue weighted by Gasteiger charge is 2.16. The fraction of sp³-hybridized carbons (Fsp3) is 0.276. The number of methoxy groups -OCH3 is 2. The highest BCUT2D eigenvalue weighted by Crippen LogP contribution is 2.36. The standard InChI is InChI=1S/C29H31NO4/c1-8-33-27-16-22(21-10-12-25(31-6)26(15-21)32-7)14-24(28-19(4)34-20(5)29(27)28)30-23-11-9-17(2)13-18(23)3/h9-16H,8H2,1-7H3. The molecule has 4 aromatic rings. The molecule has 0 fully saturated rings. The molecule has 176 valence electrons. The Hall–Kier alpha value is -3.73. The van der Waals surface area contributed by atoms with Gasteiger partial charge in [0.1, 0.15) is 17.3 Å². The van der Waals surface area contributed by atoms with Crippen LogP contribution in [0.2, 0.25) is 0 Å². The third kappa shape index (κ3) is 4.38. The lowest BCUT2D eigenvalue weighted by Gasteiger charge is -2.10. The number of benzene rings is 2. The van der Waals surface area contributed by atoms with Gasteiger partial charge in [0.2, 0.25) is 0 Å². The first-order chi connectivity index (χ1) is 16.4. The number of rotatable bonds is 6. The lowest BCUT2D eigenvalue weighted by Crippen LogP contribution is -2.01. The van der Waals surface area contributed by atoms with Gasteiger partial charge in [-0.15, -0.1) is 0 Å². The average molecular weight is 458 g/mol. The SMILES string of the molecule is CCOc1cc(-c2ccc(OC)c(OC)c2)cc(=Nc2ccc(C)cc2C)c2c(C)oc(C)c12. The molecule has 0 saturated heterocycles. The van der Waals surface area contributed by atoms with Crippen LogP contribution in [0.3, 0.4) is 0 Å². The van der Waals surface area contributed by atoms with E-state index in [0.29, 0.717) is 18.1 Å². The molecule has 0 saturated carbocycles. The van der Waals surface area contributed by atoms with E-state index in [1.165, 1.54) is 5.56 Å². The number of hydrogen-bond acceptors (Lipinski definition) is 5. The van der Waals surface area contributed by atoms with Crippen LogP contribution in [0, 0.1) is 27.7 Å². The topological polar surface area (TPSA) is 53.2 Å². The minimum absolute atomic E-state index is 0.539. The molecule has 34 heavy (non-hydrogen) atoms. The first-order valence-electron chi connectivity index (χ1n) is 11.4. The summed E-state index contributed by atoms with van der Waals surface area (Å²) in [6, 6.07) is 16.3. The summed E-state index contributed by atoms with van der Waals surface area (Å²) in [6.07, 6.45) is 0. The summed E-state index contributed by atoms with van der Waals surface area (Å²) < 4.78 is 23.2. The molecule has 0 unspecified atom stereocenters. The molecule has 0 spiro atoms. The highest BCUT2D eigenvalue weighted by molar-refractivity contribution is 5.93. The van der Waals surface area contributed by atoms with Crippen LogP contribution in [0.4, 0.5) is 5.69 Å². The zero-order valence-corrected chi connectivity index (χ0v) is 20.9. The minimum Gasteiger partial charge on any atom is -0.493 e. The van der Waals surface area contributed by atoms with Crippen molar-refractivity contribution in [1.82, 2.24) is 0 Å². The van der Waals surface area contributed by atoms with Crippen molar-refractivity contribution in [2.24, 2.45) is 4.99 Å². The Kier molecular flexibility index (Phi) is 6.64. The van der Waals surface area contributed by atoms with E-state index in [2.05, 4.69) is 44.2 Å². The Labute approximate surface area is 200 Å². The normalized spacial score (nSPS) is 11.7. The van der Waals surface area contributed by atoms with Crippen LogP contribution in [-0.2, 0) is 0 Å². The summed E-state index contributed by atoms with van der Waals surface area (Å²) in [7, 11) is 3.28. The van der Waals surface area contributed by atoms with Crippen LogP contribution in [0.15, 0.2) is 57.9 Å². The monoisotopic (exact) mass is 457 g/mol. The lowest BCUT2D eigenvalue weighted by molar-refractivity contribution is 0.344. The zero-order valence-electron chi connectivity index (χ0n) is 20.9. The van der Waals surface area contributed by atoms with Crippen LogP contribution < -0.4 is 19.6 Å². The van der Waals surface area contributed by atoms with E-state index in [1.54, 1.807) is 14.2 Å². The predicted octanol–water partition coefficient (Wildman–Crippen LogP) is 6.98. The summed E-state index contributed by atoms with van der Waals surface area (Å²) in [5.41, 5.74) is 5.19. The Morgan fingerprint density at radius 3 is 2.12 bits per heavy atom. The largest absolute Gasteiger partial charge is 0.493 e. The maximum atomic E-state index is 6.12. The first-order valence-corrected chi connectivity index (χ1v) is 11.4. The van der Waals surface area contributed by atoms with Crippen molar-refractivity contribution in [2.75, 3.05) is 20.8 Å². The van der Waals surface area contributed by atoms with Gasteiger partial charge in [-0.1, -0.05) is 23.8 Å². The quantitative estimate of drug-likeness (QED) is 0.313. The predicted molar refractivity (Wildman–Crippen MR) is 137 cm³/mol. The summed E-state index contributed by atoms with van der Waals surface area (Å²) in [5, 5.41) is 2.72. The fourth-order valence-electron chi connectivity index (χ4n) is 4.36. The van der Waals surface area contributed by atoms with Gasteiger partial charge in [0.15, 0.2) is 11.5 Å². The molecule has 0 aliphatic carbocycles. The van der Waals surface area contributed by atoms with Gasteiger partial charge in [-0.05, 0) is 81.6 Å². The van der Waals surface area contributed by atoms with E-state index in [1.807, 2.05) is 39.0 Å². The van der Waals surface area contributed by atoms with Gasteiger partial charge in [-0.25, -0.2) is 4.99 Å². The van der Waals surface area contributed by atoms with Crippen LogP contribution in [0.25, 0.3) is 21.9 Å². The number of furan rings is 1. The van der Waals surface area contributed by atoms with Gasteiger partial charge >= 0.3 is 0 Å². The number of hydrogen-bond donors (Lipinski definition) is 0. The molecule has 0 aliphatic heterocycles. The molecule has 5 nitrogen and oxygen atoms in total. The molecule has 0 radical (unpaired) electrons. The van der Waals surface area contributed by atoms with Crippen LogP contribution in [0.5, 0.6) is 17.2 Å². The number of fused-ring (bicyclic) bond motifs is 1. The lowest BCUT2D eigenvalue weighted by atomic mass is 10.1. The van der Waals surface area contributed by atoms with Crippen LogP contribution in [-0.4, -0.2) is 20.8 Å². The molecule has 0 bridgehead atoms. The van der Waals surface area contributed by atoms with Gasteiger partial charge in [0.05, 0.1) is 42.6 Å². The molecule has 5 heteroatoms. The van der Waals surface area contributed by atoms with Crippen LogP contribution in [0.1, 0.15) is 29.6 Å². The van der Waals surface area contributed by atoms with Gasteiger partial charge in [-0.2, -0.15) is 0 Å². The maximum absolute atomic E-state index is 6.12. The van der Waals surface area contributed by atoms with Crippen molar-refractivity contribution in [1.29, 1.82) is 0 Å². The Morgan fingerprint density at radius 2 is 1.44 bits per heavy atom. The number of nitrogens with zero attached hydrogens (tertiary/aromatic N) is 1. The number of aryl methyl sites for hydroxylation is 4. The molecule has 0 N–H and O–H groups in total.